The highest BCUT2D eigenvalue weighted by Crippen LogP contribution is 2.27. The molecule has 0 aromatic heterocycles. The lowest BCUT2D eigenvalue weighted by Gasteiger charge is -2.11. The van der Waals surface area contributed by atoms with E-state index in [9.17, 15) is 9.59 Å². The van der Waals surface area contributed by atoms with Crippen LogP contribution < -0.4 is 15.6 Å². The van der Waals surface area contributed by atoms with Crippen LogP contribution in [0, 0.1) is 6.92 Å². The van der Waals surface area contributed by atoms with E-state index in [2.05, 4.69) is 26.8 Å². The minimum atomic E-state index is -0.478. The predicted octanol–water partition coefficient (Wildman–Crippen LogP) is 3.25. The third kappa shape index (κ3) is 4.97. The number of amides is 2. The number of aryl methyl sites for hydroxylation is 1. The molecule has 0 saturated carbocycles. The van der Waals surface area contributed by atoms with Crippen molar-refractivity contribution >= 4 is 39.3 Å². The van der Waals surface area contributed by atoms with Gasteiger partial charge in [0.15, 0.2) is 6.61 Å². The molecule has 0 aliphatic rings. The zero-order chi connectivity index (χ0) is 16.8. The van der Waals surface area contributed by atoms with Gasteiger partial charge in [-0.1, -0.05) is 29.8 Å². The predicted molar refractivity (Wildman–Crippen MR) is 91.4 cm³/mol. The minimum absolute atomic E-state index is 0.242. The summed E-state index contributed by atoms with van der Waals surface area (Å²) < 4.78 is 5.99. The molecule has 5 nitrogen and oxygen atoms in total. The molecule has 0 bridgehead atoms. The Balaban J connectivity index is 1.83. The molecule has 23 heavy (non-hydrogen) atoms. The van der Waals surface area contributed by atoms with Crippen LogP contribution in [0.1, 0.15) is 15.9 Å². The van der Waals surface area contributed by atoms with Gasteiger partial charge in [-0.05, 0) is 52.7 Å². The van der Waals surface area contributed by atoms with Crippen molar-refractivity contribution in [1.29, 1.82) is 0 Å². The third-order valence-corrected chi connectivity index (χ3v) is 3.81. The summed E-state index contributed by atoms with van der Waals surface area (Å²) >= 11 is 9.11. The highest BCUT2D eigenvalue weighted by Gasteiger charge is 2.10. The van der Waals surface area contributed by atoms with E-state index in [1.54, 1.807) is 30.3 Å². The average Bonchev–Trinajstić information content (AvgIpc) is 2.52. The van der Waals surface area contributed by atoms with Gasteiger partial charge in [0, 0.05) is 10.6 Å². The molecule has 0 radical (unpaired) electrons. The number of carbonyl (C=O) groups excluding carboxylic acids is 2. The second-order valence-corrected chi connectivity index (χ2v) is 5.97. The molecule has 0 spiro atoms. The molecule has 2 rings (SSSR count). The number of hydrogen-bond acceptors (Lipinski definition) is 3. The van der Waals surface area contributed by atoms with E-state index in [1.165, 1.54) is 0 Å². The summed E-state index contributed by atoms with van der Waals surface area (Å²) in [5.74, 6) is -0.382. The van der Waals surface area contributed by atoms with Gasteiger partial charge >= 0.3 is 0 Å². The van der Waals surface area contributed by atoms with Crippen LogP contribution in [-0.4, -0.2) is 18.4 Å². The number of hydrazine groups is 1. The van der Waals surface area contributed by atoms with Crippen LogP contribution in [0.5, 0.6) is 5.75 Å². The van der Waals surface area contributed by atoms with Crippen molar-refractivity contribution in [3.63, 3.8) is 0 Å². The Morgan fingerprint density at radius 2 is 1.91 bits per heavy atom. The number of nitrogens with one attached hydrogen (secondary N) is 2. The van der Waals surface area contributed by atoms with E-state index in [1.807, 2.05) is 19.1 Å². The highest BCUT2D eigenvalue weighted by atomic mass is 79.9. The van der Waals surface area contributed by atoms with Crippen LogP contribution in [0.2, 0.25) is 5.02 Å². The highest BCUT2D eigenvalue weighted by molar-refractivity contribution is 9.10. The Hall–Kier alpha value is -2.05. The van der Waals surface area contributed by atoms with E-state index < -0.39 is 5.91 Å². The topological polar surface area (TPSA) is 67.4 Å². The molecular formula is C16H14BrClN2O3. The molecule has 0 fully saturated rings. The van der Waals surface area contributed by atoms with E-state index in [-0.39, 0.29) is 12.5 Å². The normalized spacial score (nSPS) is 10.0. The SMILES string of the molecule is Cc1ccccc1C(=O)NNC(=O)COc1ccc(Cl)cc1Br. The molecule has 0 saturated heterocycles. The van der Waals surface area contributed by atoms with E-state index in [0.29, 0.717) is 20.8 Å². The Kier molecular flexibility index (Phi) is 6.01. The Bertz CT molecular complexity index is 737. The quantitative estimate of drug-likeness (QED) is 0.778. The van der Waals surface area contributed by atoms with E-state index in [4.69, 9.17) is 16.3 Å². The Morgan fingerprint density at radius 1 is 1.17 bits per heavy atom. The summed E-state index contributed by atoms with van der Waals surface area (Å²) in [6, 6.07) is 12.0. The van der Waals surface area contributed by atoms with Crippen LogP contribution in [0.15, 0.2) is 46.9 Å². The summed E-state index contributed by atoms with van der Waals surface area (Å²) in [5, 5.41) is 0.555. The molecule has 0 aliphatic heterocycles. The van der Waals surface area contributed by atoms with Crippen LogP contribution in [0.3, 0.4) is 0 Å². The Labute approximate surface area is 147 Å². The van der Waals surface area contributed by atoms with Crippen molar-refractivity contribution < 1.29 is 14.3 Å². The first kappa shape index (κ1) is 17.3. The van der Waals surface area contributed by atoms with E-state index >= 15 is 0 Å². The number of benzene rings is 2. The fourth-order valence-electron chi connectivity index (χ4n) is 1.79. The lowest BCUT2D eigenvalue weighted by Crippen LogP contribution is -2.44. The number of ether oxygens (including phenoxy) is 1. The minimum Gasteiger partial charge on any atom is -0.483 e. The molecule has 0 heterocycles. The van der Waals surface area contributed by atoms with Gasteiger partial charge in [-0.2, -0.15) is 0 Å². The number of halogens is 2. The molecule has 0 aliphatic carbocycles. The van der Waals surface area contributed by atoms with Crippen molar-refractivity contribution in [3.05, 3.63) is 63.1 Å². The third-order valence-electron chi connectivity index (χ3n) is 2.96. The fourth-order valence-corrected chi connectivity index (χ4v) is 2.59. The number of carbonyl (C=O) groups is 2. The van der Waals surface area contributed by atoms with Crippen LogP contribution in [0.4, 0.5) is 0 Å². The van der Waals surface area contributed by atoms with Gasteiger partial charge in [-0.3, -0.25) is 20.4 Å². The molecule has 2 aromatic rings. The lowest BCUT2D eigenvalue weighted by molar-refractivity contribution is -0.123. The second kappa shape index (κ2) is 7.99. The Morgan fingerprint density at radius 3 is 2.61 bits per heavy atom. The largest absolute Gasteiger partial charge is 0.483 e. The second-order valence-electron chi connectivity index (χ2n) is 4.68. The van der Waals surface area contributed by atoms with Gasteiger partial charge in [0.25, 0.3) is 11.8 Å². The van der Waals surface area contributed by atoms with Crippen LogP contribution in [0.25, 0.3) is 0 Å². The molecule has 2 aromatic carbocycles. The molecule has 7 heteroatoms. The van der Waals surface area contributed by atoms with E-state index in [0.717, 1.165) is 5.56 Å². The van der Waals surface area contributed by atoms with Crippen molar-refractivity contribution in [1.82, 2.24) is 10.9 Å². The fraction of sp³-hybridized carbons (Fsp3) is 0.125. The summed E-state index contributed by atoms with van der Waals surface area (Å²) in [4.78, 5) is 23.7. The van der Waals surface area contributed by atoms with Gasteiger partial charge in [-0.25, -0.2) is 0 Å². The molecule has 2 N–H and O–H groups in total. The first-order chi connectivity index (χ1) is 11.0. The van der Waals surface area contributed by atoms with Gasteiger partial charge in [-0.15, -0.1) is 0 Å². The molecule has 0 atom stereocenters. The monoisotopic (exact) mass is 396 g/mol. The van der Waals surface area contributed by atoms with Crippen LogP contribution in [-0.2, 0) is 4.79 Å². The molecule has 120 valence electrons. The van der Waals surface area contributed by atoms with Gasteiger partial charge in [0.05, 0.1) is 4.47 Å². The molecule has 2 amide bonds. The van der Waals surface area contributed by atoms with Crippen molar-refractivity contribution in [2.75, 3.05) is 6.61 Å². The smallest absolute Gasteiger partial charge is 0.276 e. The average molecular weight is 398 g/mol. The van der Waals surface area contributed by atoms with Gasteiger partial charge in [0.1, 0.15) is 5.75 Å². The maximum atomic E-state index is 11.9. The summed E-state index contributed by atoms with van der Waals surface area (Å²) in [6.07, 6.45) is 0. The maximum Gasteiger partial charge on any atom is 0.276 e. The summed E-state index contributed by atoms with van der Waals surface area (Å²) in [5.41, 5.74) is 5.97. The summed E-state index contributed by atoms with van der Waals surface area (Å²) in [7, 11) is 0. The van der Waals surface area contributed by atoms with Crippen molar-refractivity contribution in [2.45, 2.75) is 6.92 Å². The molecule has 0 unspecified atom stereocenters. The van der Waals surface area contributed by atoms with Gasteiger partial charge in [0.2, 0.25) is 0 Å². The van der Waals surface area contributed by atoms with Crippen molar-refractivity contribution in [3.8, 4) is 5.75 Å². The summed E-state index contributed by atoms with van der Waals surface area (Å²) in [6.45, 7) is 1.58. The maximum absolute atomic E-state index is 11.9. The number of hydrogen-bond donors (Lipinski definition) is 2. The van der Waals surface area contributed by atoms with Crippen LogP contribution >= 0.6 is 27.5 Å². The first-order valence-electron chi connectivity index (χ1n) is 6.70. The first-order valence-corrected chi connectivity index (χ1v) is 7.87. The number of rotatable bonds is 4. The lowest BCUT2D eigenvalue weighted by atomic mass is 10.1. The van der Waals surface area contributed by atoms with Gasteiger partial charge < -0.3 is 4.74 Å². The van der Waals surface area contributed by atoms with Crippen molar-refractivity contribution in [2.24, 2.45) is 0 Å². The zero-order valence-corrected chi connectivity index (χ0v) is 14.6. The molecular weight excluding hydrogens is 384 g/mol. The zero-order valence-electron chi connectivity index (χ0n) is 12.2. The standard InChI is InChI=1S/C16H14BrClN2O3/c1-10-4-2-3-5-12(10)16(22)20-19-15(21)9-23-14-7-6-11(18)8-13(14)17/h2-8H,9H2,1H3,(H,19,21)(H,20,22).